The largest absolute Gasteiger partial charge is 0.460 e. The number of nitrogens with zero attached hydrogens (tertiary/aromatic N) is 1. The molecule has 12 heavy (non-hydrogen) atoms. The van der Waals surface area contributed by atoms with E-state index in [1.807, 2.05) is 0 Å². The fraction of sp³-hybridized carbons (Fsp3) is 0. The molecule has 1 aromatic heterocycles. The third kappa shape index (κ3) is 1.22. The second-order valence-electron chi connectivity index (χ2n) is 2.01. The van der Waals surface area contributed by atoms with Gasteiger partial charge in [-0.3, -0.25) is 4.79 Å². The molecule has 0 radical (unpaired) electrons. The van der Waals surface area contributed by atoms with Gasteiger partial charge in [0, 0.05) is 0 Å². The van der Waals surface area contributed by atoms with Gasteiger partial charge in [-0.2, -0.15) is 0 Å². The van der Waals surface area contributed by atoms with Crippen molar-refractivity contribution < 1.29 is 14.4 Å². The van der Waals surface area contributed by atoms with Gasteiger partial charge in [0.15, 0.2) is 5.76 Å². The summed E-state index contributed by atoms with van der Waals surface area (Å²) >= 11 is 0. The van der Waals surface area contributed by atoms with E-state index in [0.717, 1.165) is 0 Å². The molecule has 6 heteroatoms. The molecule has 0 atom stereocenters. The van der Waals surface area contributed by atoms with Gasteiger partial charge in [-0.15, -0.1) is 0 Å². The quantitative estimate of drug-likeness (QED) is 0.239. The molecule has 0 unspecified atom stereocenters. The lowest BCUT2D eigenvalue weighted by molar-refractivity contribution is 0.0999. The number of rotatable bonds is 2. The maximum absolute atomic E-state index is 10.7. The van der Waals surface area contributed by atoms with E-state index < -0.39 is 5.91 Å². The highest BCUT2D eigenvalue weighted by Crippen LogP contribution is 2.08. The first kappa shape index (κ1) is 8.12. The Bertz CT molecular complexity index is 329. The summed E-state index contributed by atoms with van der Waals surface area (Å²) < 4.78 is 4.76. The molecule has 0 aromatic carbocycles. The molecular weight excluding hydrogens is 162 g/mol. The van der Waals surface area contributed by atoms with Gasteiger partial charge < -0.3 is 21.1 Å². The van der Waals surface area contributed by atoms with E-state index >= 15 is 0 Å². The van der Waals surface area contributed by atoms with Crippen molar-refractivity contribution in [3.8, 4) is 0 Å². The lowest BCUT2D eigenvalue weighted by Gasteiger charge is -1.94. The van der Waals surface area contributed by atoms with E-state index in [2.05, 4.69) is 5.16 Å². The number of hydrogen-bond acceptors (Lipinski definition) is 4. The zero-order chi connectivity index (χ0) is 9.14. The van der Waals surface area contributed by atoms with Gasteiger partial charge in [-0.1, -0.05) is 5.16 Å². The molecule has 0 saturated heterocycles. The monoisotopic (exact) mass is 169 g/mol. The lowest BCUT2D eigenvalue weighted by atomic mass is 10.2. The van der Waals surface area contributed by atoms with Crippen LogP contribution in [0.2, 0.25) is 0 Å². The van der Waals surface area contributed by atoms with Crippen LogP contribution in [0.15, 0.2) is 21.9 Å². The predicted molar refractivity (Wildman–Crippen MR) is 39.7 cm³/mol. The SMILES string of the molecule is NC(=O)c1ccoc1C(N)=NO. The van der Waals surface area contributed by atoms with Gasteiger partial charge >= 0.3 is 0 Å². The van der Waals surface area contributed by atoms with Crippen molar-refractivity contribution in [2.75, 3.05) is 0 Å². The first-order valence-electron chi connectivity index (χ1n) is 3.02. The van der Waals surface area contributed by atoms with Crippen LogP contribution in [-0.4, -0.2) is 17.0 Å². The van der Waals surface area contributed by atoms with Crippen LogP contribution in [0.4, 0.5) is 0 Å². The molecule has 1 rings (SSSR count). The minimum atomic E-state index is -0.689. The maximum atomic E-state index is 10.7. The smallest absolute Gasteiger partial charge is 0.252 e. The van der Waals surface area contributed by atoms with Crippen LogP contribution in [0.1, 0.15) is 16.1 Å². The number of carbonyl (C=O) groups is 1. The molecule has 1 amide bonds. The standard InChI is InChI=1S/C6H7N3O3/c7-5(9-11)4-3(6(8)10)1-2-12-4/h1-2,11H,(H2,7,9)(H2,8,10). The Morgan fingerprint density at radius 1 is 1.58 bits per heavy atom. The highest BCUT2D eigenvalue weighted by molar-refractivity contribution is 6.06. The van der Waals surface area contributed by atoms with E-state index in [1.54, 1.807) is 0 Å². The molecule has 5 N–H and O–H groups in total. The van der Waals surface area contributed by atoms with E-state index in [9.17, 15) is 4.79 Å². The van der Waals surface area contributed by atoms with Crippen molar-refractivity contribution in [1.82, 2.24) is 0 Å². The van der Waals surface area contributed by atoms with Gasteiger partial charge in [-0.25, -0.2) is 0 Å². The Morgan fingerprint density at radius 3 is 2.75 bits per heavy atom. The zero-order valence-corrected chi connectivity index (χ0v) is 6.02. The minimum absolute atomic E-state index is 0.0231. The normalized spacial score (nSPS) is 11.5. The van der Waals surface area contributed by atoms with Crippen molar-refractivity contribution in [2.24, 2.45) is 16.6 Å². The Labute approximate surface area is 67.4 Å². The minimum Gasteiger partial charge on any atom is -0.460 e. The number of amidine groups is 1. The second-order valence-corrected chi connectivity index (χ2v) is 2.01. The third-order valence-corrected chi connectivity index (χ3v) is 1.27. The summed E-state index contributed by atoms with van der Waals surface area (Å²) in [7, 11) is 0. The fourth-order valence-corrected chi connectivity index (χ4v) is 0.747. The molecule has 1 aromatic rings. The van der Waals surface area contributed by atoms with Gasteiger partial charge in [-0.05, 0) is 6.07 Å². The summed E-state index contributed by atoms with van der Waals surface area (Å²) in [6, 6.07) is 1.34. The molecule has 0 aliphatic carbocycles. The summed E-state index contributed by atoms with van der Waals surface area (Å²) in [5, 5.41) is 10.9. The number of carbonyl (C=O) groups excluding carboxylic acids is 1. The van der Waals surface area contributed by atoms with Gasteiger partial charge in [0.2, 0.25) is 5.84 Å². The molecule has 1 heterocycles. The van der Waals surface area contributed by atoms with Crippen LogP contribution < -0.4 is 11.5 Å². The van der Waals surface area contributed by atoms with Gasteiger partial charge in [0.05, 0.1) is 11.8 Å². The molecule has 0 fully saturated rings. The van der Waals surface area contributed by atoms with E-state index in [4.69, 9.17) is 21.1 Å². The summed E-state index contributed by atoms with van der Waals surface area (Å²) in [5.74, 6) is -0.996. The molecule has 0 saturated carbocycles. The summed E-state index contributed by atoms with van der Waals surface area (Å²) in [6.07, 6.45) is 1.23. The molecule has 0 aliphatic heterocycles. The van der Waals surface area contributed by atoms with Gasteiger partial charge in [0.25, 0.3) is 5.91 Å². The number of nitrogens with two attached hydrogens (primary N) is 2. The van der Waals surface area contributed by atoms with Crippen molar-refractivity contribution in [1.29, 1.82) is 0 Å². The van der Waals surface area contributed by atoms with Crippen LogP contribution in [0, 0.1) is 0 Å². The van der Waals surface area contributed by atoms with Crippen molar-refractivity contribution in [3.63, 3.8) is 0 Å². The zero-order valence-electron chi connectivity index (χ0n) is 6.02. The molecule has 0 spiro atoms. The predicted octanol–water partition coefficient (Wildman–Crippen LogP) is -0.527. The topological polar surface area (TPSA) is 115 Å². The highest BCUT2D eigenvalue weighted by atomic mass is 16.4. The molecular formula is C6H7N3O3. The third-order valence-electron chi connectivity index (χ3n) is 1.27. The van der Waals surface area contributed by atoms with E-state index in [0.29, 0.717) is 0 Å². The van der Waals surface area contributed by atoms with Crippen LogP contribution in [0.25, 0.3) is 0 Å². The fourth-order valence-electron chi connectivity index (χ4n) is 0.747. The van der Waals surface area contributed by atoms with Crippen LogP contribution in [0.3, 0.4) is 0 Å². The number of oxime groups is 1. The highest BCUT2D eigenvalue weighted by Gasteiger charge is 2.14. The Morgan fingerprint density at radius 2 is 2.25 bits per heavy atom. The second kappa shape index (κ2) is 2.95. The number of amides is 1. The molecule has 0 bridgehead atoms. The van der Waals surface area contributed by atoms with E-state index in [1.165, 1.54) is 12.3 Å². The van der Waals surface area contributed by atoms with Crippen LogP contribution in [-0.2, 0) is 0 Å². The Kier molecular flexibility index (Phi) is 2.00. The van der Waals surface area contributed by atoms with Crippen molar-refractivity contribution in [3.05, 3.63) is 23.7 Å². The summed E-state index contributed by atoms with van der Waals surface area (Å²) in [5.41, 5.74) is 10.2. The Hall–Kier alpha value is -1.98. The molecule has 0 aliphatic rings. The van der Waals surface area contributed by atoms with Crippen molar-refractivity contribution in [2.45, 2.75) is 0 Å². The number of furan rings is 1. The van der Waals surface area contributed by atoms with Gasteiger partial charge in [0.1, 0.15) is 0 Å². The first-order chi connectivity index (χ1) is 5.66. The Balaban J connectivity index is 3.16. The number of hydrogen-bond donors (Lipinski definition) is 3. The van der Waals surface area contributed by atoms with Crippen LogP contribution >= 0.6 is 0 Å². The molecule has 6 nitrogen and oxygen atoms in total. The maximum Gasteiger partial charge on any atom is 0.252 e. The average Bonchev–Trinajstić information content (AvgIpc) is 2.50. The number of primary amides is 1. The van der Waals surface area contributed by atoms with E-state index in [-0.39, 0.29) is 17.2 Å². The first-order valence-corrected chi connectivity index (χ1v) is 3.02. The van der Waals surface area contributed by atoms with Crippen LogP contribution in [0.5, 0.6) is 0 Å². The lowest BCUT2D eigenvalue weighted by Crippen LogP contribution is -2.19. The summed E-state index contributed by atoms with van der Waals surface area (Å²) in [6.45, 7) is 0. The average molecular weight is 169 g/mol. The van der Waals surface area contributed by atoms with Crippen molar-refractivity contribution >= 4 is 11.7 Å². The summed E-state index contributed by atoms with van der Waals surface area (Å²) in [4.78, 5) is 10.7. The molecule has 64 valence electrons.